The van der Waals surface area contributed by atoms with Crippen LogP contribution in [0.2, 0.25) is 5.02 Å². The number of aryl methyl sites for hydroxylation is 1. The van der Waals surface area contributed by atoms with E-state index in [1.165, 1.54) is 7.11 Å². The number of ether oxygens (including phenoxy) is 1. The first-order chi connectivity index (χ1) is 14.0. The number of methoxy groups -OCH3 is 1. The van der Waals surface area contributed by atoms with Crippen LogP contribution in [-0.4, -0.2) is 48.0 Å². The van der Waals surface area contributed by atoms with Gasteiger partial charge in [0.05, 0.1) is 17.3 Å². The molecule has 3 unspecified atom stereocenters. The number of carbonyl (C=O) groups excluding carboxylic acids is 2. The third kappa shape index (κ3) is 3.92. The molecule has 0 spiro atoms. The summed E-state index contributed by atoms with van der Waals surface area (Å²) in [5, 5.41) is 16.0. The van der Waals surface area contributed by atoms with E-state index >= 15 is 0 Å². The molecule has 154 valence electrons. The first-order valence-electron chi connectivity index (χ1n) is 9.16. The molecule has 10 nitrogen and oxygen atoms in total. The van der Waals surface area contributed by atoms with Crippen molar-refractivity contribution in [3.05, 3.63) is 41.0 Å². The third-order valence-corrected chi connectivity index (χ3v) is 5.05. The molecule has 2 aliphatic rings. The van der Waals surface area contributed by atoms with Gasteiger partial charge in [0.2, 0.25) is 5.91 Å². The zero-order chi connectivity index (χ0) is 20.5. The Kier molecular flexibility index (Phi) is 5.41. The van der Waals surface area contributed by atoms with Crippen molar-refractivity contribution in [1.82, 2.24) is 25.8 Å². The Bertz CT molecular complexity index is 934. The first kappa shape index (κ1) is 19.6. The molecule has 1 aromatic carbocycles. The topological polar surface area (TPSA) is 113 Å². The second-order valence-corrected chi connectivity index (χ2v) is 7.37. The molecular formula is C18H22ClN7O3. The van der Waals surface area contributed by atoms with Crippen LogP contribution in [-0.2, 0) is 14.3 Å². The quantitative estimate of drug-likeness (QED) is 0.560. The SMILES string of the molecule is COCC(=O)Nc1cc(C)nn1C1NC(=O)C2CNN(c3cccc(Cl)c3)C2N1. The minimum atomic E-state index is -0.642. The molecule has 2 aromatic rings. The number of anilines is 2. The van der Waals surface area contributed by atoms with E-state index in [0.29, 0.717) is 23.1 Å². The van der Waals surface area contributed by atoms with Crippen molar-refractivity contribution < 1.29 is 14.3 Å². The highest BCUT2D eigenvalue weighted by Gasteiger charge is 2.45. The lowest BCUT2D eigenvalue weighted by Gasteiger charge is -2.37. The zero-order valence-electron chi connectivity index (χ0n) is 16.0. The summed E-state index contributed by atoms with van der Waals surface area (Å²) < 4.78 is 6.41. The highest BCUT2D eigenvalue weighted by Crippen LogP contribution is 2.29. The van der Waals surface area contributed by atoms with E-state index in [9.17, 15) is 9.59 Å². The van der Waals surface area contributed by atoms with Gasteiger partial charge in [0.1, 0.15) is 18.6 Å². The average Bonchev–Trinajstić information content (AvgIpc) is 3.25. The summed E-state index contributed by atoms with van der Waals surface area (Å²) in [4.78, 5) is 24.7. The number of amides is 2. The standard InChI is InChI=1S/C18H22ClN7O3/c1-10-6-14(21-15(27)9-29-2)26(24-10)18-22-16-13(17(28)23-18)8-20-25(16)12-5-3-4-11(19)7-12/h3-7,13,16,18,20,22H,8-9H2,1-2H3,(H,21,27)(H,23,28). The fourth-order valence-corrected chi connectivity index (χ4v) is 3.77. The number of halogens is 1. The lowest BCUT2D eigenvalue weighted by molar-refractivity contribution is -0.129. The van der Waals surface area contributed by atoms with Gasteiger partial charge in [0.15, 0.2) is 6.29 Å². The van der Waals surface area contributed by atoms with Gasteiger partial charge in [0.25, 0.3) is 5.91 Å². The Morgan fingerprint density at radius 2 is 2.24 bits per heavy atom. The maximum absolute atomic E-state index is 12.8. The number of nitrogens with zero attached hydrogens (tertiary/aromatic N) is 3. The summed E-state index contributed by atoms with van der Waals surface area (Å²) in [7, 11) is 1.45. The van der Waals surface area contributed by atoms with Crippen molar-refractivity contribution in [2.75, 3.05) is 30.6 Å². The lowest BCUT2D eigenvalue weighted by atomic mass is 10.0. The molecule has 11 heteroatoms. The molecule has 3 heterocycles. The number of carbonyl (C=O) groups is 2. The molecule has 0 radical (unpaired) electrons. The van der Waals surface area contributed by atoms with Gasteiger partial charge in [-0.2, -0.15) is 5.10 Å². The fraction of sp³-hybridized carbons (Fsp3) is 0.389. The molecule has 2 fully saturated rings. The Morgan fingerprint density at radius 1 is 1.41 bits per heavy atom. The molecule has 2 aliphatic heterocycles. The predicted molar refractivity (Wildman–Crippen MR) is 107 cm³/mol. The number of benzene rings is 1. The second-order valence-electron chi connectivity index (χ2n) is 6.94. The van der Waals surface area contributed by atoms with E-state index in [1.807, 2.05) is 30.1 Å². The maximum Gasteiger partial charge on any atom is 0.251 e. The Labute approximate surface area is 172 Å². The summed E-state index contributed by atoms with van der Waals surface area (Å²) in [6, 6.07) is 9.12. The van der Waals surface area contributed by atoms with Crippen molar-refractivity contribution in [3.63, 3.8) is 0 Å². The van der Waals surface area contributed by atoms with Crippen LogP contribution in [0.1, 0.15) is 12.0 Å². The van der Waals surface area contributed by atoms with Gasteiger partial charge < -0.3 is 15.4 Å². The van der Waals surface area contributed by atoms with Gasteiger partial charge in [-0.25, -0.2) is 10.1 Å². The molecule has 4 N–H and O–H groups in total. The van der Waals surface area contributed by atoms with Crippen molar-refractivity contribution in [2.24, 2.45) is 5.92 Å². The second kappa shape index (κ2) is 7.99. The van der Waals surface area contributed by atoms with Crippen LogP contribution in [0.5, 0.6) is 0 Å². The van der Waals surface area contributed by atoms with Crippen LogP contribution in [0, 0.1) is 12.8 Å². The molecule has 1 aromatic heterocycles. The minimum absolute atomic E-state index is 0.0775. The number of fused-ring (bicyclic) bond motifs is 1. The van der Waals surface area contributed by atoms with Crippen molar-refractivity contribution >= 4 is 34.9 Å². The van der Waals surface area contributed by atoms with Crippen molar-refractivity contribution in [1.29, 1.82) is 0 Å². The van der Waals surface area contributed by atoms with Gasteiger partial charge in [-0.15, -0.1) is 0 Å². The fourth-order valence-electron chi connectivity index (χ4n) is 3.59. The Morgan fingerprint density at radius 3 is 3.00 bits per heavy atom. The molecule has 4 rings (SSSR count). The van der Waals surface area contributed by atoms with E-state index in [1.54, 1.807) is 16.8 Å². The van der Waals surface area contributed by atoms with Crippen LogP contribution in [0.15, 0.2) is 30.3 Å². The minimum Gasteiger partial charge on any atom is -0.375 e. The number of nitrogens with one attached hydrogen (secondary N) is 4. The highest BCUT2D eigenvalue weighted by molar-refractivity contribution is 6.30. The molecule has 2 saturated heterocycles. The van der Waals surface area contributed by atoms with Gasteiger partial charge in [0, 0.05) is 24.7 Å². The molecule has 29 heavy (non-hydrogen) atoms. The molecule has 2 amide bonds. The normalized spacial score (nSPS) is 23.6. The van der Waals surface area contributed by atoms with E-state index in [2.05, 4.69) is 26.5 Å². The van der Waals surface area contributed by atoms with Gasteiger partial charge in [-0.3, -0.25) is 19.9 Å². The summed E-state index contributed by atoms with van der Waals surface area (Å²) in [6.07, 6.45) is -0.962. The Hall–Kier alpha value is -2.66. The van der Waals surface area contributed by atoms with Crippen LogP contribution >= 0.6 is 11.6 Å². The summed E-state index contributed by atoms with van der Waals surface area (Å²) in [5.41, 5.74) is 4.79. The van der Waals surface area contributed by atoms with Gasteiger partial charge in [-0.1, -0.05) is 17.7 Å². The van der Waals surface area contributed by atoms with Crippen LogP contribution in [0.3, 0.4) is 0 Å². The summed E-state index contributed by atoms with van der Waals surface area (Å²) >= 11 is 6.13. The zero-order valence-corrected chi connectivity index (χ0v) is 16.7. The largest absolute Gasteiger partial charge is 0.375 e. The van der Waals surface area contributed by atoms with Gasteiger partial charge in [-0.05, 0) is 25.1 Å². The van der Waals surface area contributed by atoms with Crippen LogP contribution in [0.25, 0.3) is 0 Å². The smallest absolute Gasteiger partial charge is 0.251 e. The molecule has 0 saturated carbocycles. The van der Waals surface area contributed by atoms with E-state index in [0.717, 1.165) is 5.69 Å². The van der Waals surface area contributed by atoms with E-state index in [-0.39, 0.29) is 30.5 Å². The van der Waals surface area contributed by atoms with E-state index < -0.39 is 6.29 Å². The Balaban J connectivity index is 1.59. The number of hydrogen-bond donors (Lipinski definition) is 4. The first-order valence-corrected chi connectivity index (χ1v) is 9.54. The third-order valence-electron chi connectivity index (χ3n) is 4.82. The van der Waals surface area contributed by atoms with Crippen molar-refractivity contribution in [3.8, 4) is 0 Å². The van der Waals surface area contributed by atoms with Gasteiger partial charge >= 0.3 is 0 Å². The maximum atomic E-state index is 12.8. The molecular weight excluding hydrogens is 398 g/mol. The lowest BCUT2D eigenvalue weighted by Crippen LogP contribution is -2.61. The number of hydrogen-bond acceptors (Lipinski definition) is 7. The monoisotopic (exact) mass is 419 g/mol. The van der Waals surface area contributed by atoms with Crippen LogP contribution < -0.4 is 26.4 Å². The predicted octanol–water partition coefficient (Wildman–Crippen LogP) is 0.572. The van der Waals surface area contributed by atoms with Crippen LogP contribution in [0.4, 0.5) is 11.5 Å². The average molecular weight is 420 g/mol. The number of aromatic nitrogens is 2. The summed E-state index contributed by atoms with van der Waals surface area (Å²) in [5.74, 6) is -0.260. The number of rotatable bonds is 5. The molecule has 0 bridgehead atoms. The molecule has 3 atom stereocenters. The van der Waals surface area contributed by atoms with Crippen molar-refractivity contribution in [2.45, 2.75) is 19.4 Å². The highest BCUT2D eigenvalue weighted by atomic mass is 35.5. The summed E-state index contributed by atoms with van der Waals surface area (Å²) in [6.45, 7) is 2.22. The molecule has 0 aliphatic carbocycles. The van der Waals surface area contributed by atoms with E-state index in [4.69, 9.17) is 16.3 Å². The number of hydrazine groups is 1.